The summed E-state index contributed by atoms with van der Waals surface area (Å²) in [6.07, 6.45) is 0. The van der Waals surface area contributed by atoms with Crippen molar-refractivity contribution in [3.8, 4) is 39.5 Å². The van der Waals surface area contributed by atoms with Gasteiger partial charge in [-0.1, -0.05) is 135 Å². The molecule has 7 aromatic carbocycles. The number of para-hydroxylation sites is 2. The van der Waals surface area contributed by atoms with Gasteiger partial charge in [-0.2, -0.15) is 0 Å². The Balaban J connectivity index is 1.31. The molecule has 240 valence electrons. The van der Waals surface area contributed by atoms with Crippen LogP contribution < -0.4 is 0 Å². The number of furan rings is 1. The van der Waals surface area contributed by atoms with E-state index >= 15 is 0 Å². The molecule has 0 amide bonds. The number of hydrogen-bond acceptors (Lipinski definition) is 3. The van der Waals surface area contributed by atoms with Crippen molar-refractivity contribution in [3.63, 3.8) is 0 Å². The molecule has 0 aliphatic heterocycles. The van der Waals surface area contributed by atoms with E-state index in [1.807, 2.05) is 24.3 Å². The van der Waals surface area contributed by atoms with E-state index in [0.29, 0.717) is 0 Å². The molecule has 3 aromatic heterocycles. The third-order valence-electron chi connectivity index (χ3n) is 10.9. The van der Waals surface area contributed by atoms with Gasteiger partial charge >= 0.3 is 0 Å². The van der Waals surface area contributed by atoms with Gasteiger partial charge in [0.25, 0.3) is 0 Å². The number of hydrogen-bond donors (Lipinski definition) is 0. The molecular formula is C47H31N3O. The molecule has 1 aliphatic carbocycles. The van der Waals surface area contributed by atoms with Crippen molar-refractivity contribution in [1.82, 2.24) is 14.5 Å². The summed E-state index contributed by atoms with van der Waals surface area (Å²) in [5, 5.41) is 5.78. The van der Waals surface area contributed by atoms with Crippen LogP contribution in [0.2, 0.25) is 0 Å². The molecule has 0 bridgehead atoms. The van der Waals surface area contributed by atoms with Crippen LogP contribution in [0.1, 0.15) is 25.0 Å². The van der Waals surface area contributed by atoms with Crippen LogP contribution in [-0.2, 0) is 5.41 Å². The molecule has 4 nitrogen and oxygen atoms in total. The molecule has 0 unspecified atom stereocenters. The first-order valence-electron chi connectivity index (χ1n) is 17.5. The Labute approximate surface area is 294 Å². The molecule has 51 heavy (non-hydrogen) atoms. The molecule has 3 heterocycles. The predicted molar refractivity (Wildman–Crippen MR) is 210 cm³/mol. The van der Waals surface area contributed by atoms with E-state index < -0.39 is 0 Å². The minimum absolute atomic E-state index is 0.238. The fourth-order valence-electron chi connectivity index (χ4n) is 8.74. The van der Waals surface area contributed by atoms with E-state index in [4.69, 9.17) is 14.4 Å². The minimum atomic E-state index is -0.238. The van der Waals surface area contributed by atoms with Gasteiger partial charge in [0.1, 0.15) is 11.2 Å². The Hall–Kier alpha value is -6.52. The number of aromatic nitrogens is 3. The zero-order valence-corrected chi connectivity index (χ0v) is 28.2. The number of fused-ring (bicyclic) bond motifs is 13. The number of nitrogens with zero attached hydrogens (tertiary/aromatic N) is 3. The summed E-state index contributed by atoms with van der Waals surface area (Å²) in [5.74, 6) is 0.718. The van der Waals surface area contributed by atoms with E-state index in [1.54, 1.807) is 0 Å². The van der Waals surface area contributed by atoms with Crippen molar-refractivity contribution in [2.24, 2.45) is 0 Å². The summed E-state index contributed by atoms with van der Waals surface area (Å²) >= 11 is 0. The summed E-state index contributed by atoms with van der Waals surface area (Å²) in [6, 6.07) is 53.5. The summed E-state index contributed by atoms with van der Waals surface area (Å²) in [5.41, 5.74) is 14.0. The van der Waals surface area contributed by atoms with Gasteiger partial charge in [0.15, 0.2) is 5.82 Å². The monoisotopic (exact) mass is 653 g/mol. The Kier molecular flexibility index (Phi) is 5.70. The summed E-state index contributed by atoms with van der Waals surface area (Å²) in [4.78, 5) is 10.3. The van der Waals surface area contributed by atoms with Gasteiger partial charge < -0.3 is 8.98 Å². The third kappa shape index (κ3) is 3.85. The molecule has 0 saturated carbocycles. The van der Waals surface area contributed by atoms with E-state index in [0.717, 1.165) is 66.7 Å². The molecule has 4 heteroatoms. The maximum Gasteiger partial charge on any atom is 0.160 e. The molecule has 11 rings (SSSR count). The topological polar surface area (TPSA) is 43.9 Å². The van der Waals surface area contributed by atoms with Gasteiger partial charge in [-0.15, -0.1) is 0 Å². The molecule has 0 spiro atoms. The van der Waals surface area contributed by atoms with Crippen molar-refractivity contribution in [2.75, 3.05) is 0 Å². The molecule has 0 N–H and O–H groups in total. The van der Waals surface area contributed by atoms with Crippen LogP contribution in [0.3, 0.4) is 0 Å². The van der Waals surface area contributed by atoms with Crippen LogP contribution in [0.15, 0.2) is 156 Å². The quantitative estimate of drug-likeness (QED) is 0.191. The van der Waals surface area contributed by atoms with Gasteiger partial charge in [-0.25, -0.2) is 9.97 Å². The van der Waals surface area contributed by atoms with E-state index in [2.05, 4.69) is 146 Å². The number of rotatable bonds is 3. The highest BCUT2D eigenvalue weighted by molar-refractivity contribution is 6.30. The first kappa shape index (κ1) is 28.3. The Morgan fingerprint density at radius 1 is 0.588 bits per heavy atom. The molecule has 0 fully saturated rings. The highest BCUT2D eigenvalue weighted by Gasteiger charge is 2.41. The molecule has 0 radical (unpaired) electrons. The Morgan fingerprint density at radius 3 is 2.10 bits per heavy atom. The van der Waals surface area contributed by atoms with Crippen LogP contribution in [0.5, 0.6) is 0 Å². The molecular weight excluding hydrogens is 623 g/mol. The van der Waals surface area contributed by atoms with Crippen molar-refractivity contribution in [1.29, 1.82) is 0 Å². The Morgan fingerprint density at radius 2 is 1.27 bits per heavy atom. The third-order valence-corrected chi connectivity index (χ3v) is 10.9. The first-order chi connectivity index (χ1) is 25.1. The lowest BCUT2D eigenvalue weighted by molar-refractivity contribution is 0.658. The second-order valence-corrected chi connectivity index (χ2v) is 14.1. The van der Waals surface area contributed by atoms with Gasteiger partial charge in [0.05, 0.1) is 27.6 Å². The lowest BCUT2D eigenvalue weighted by Gasteiger charge is -2.23. The SMILES string of the molecule is CC1(C)c2ccccc2-c2c1c1c3ccccc3n(-c3ccc4nc(-c5ccccc5)nc(-c5ccccc5)c4c3)c1c1c2oc2ccccc21. The molecule has 10 aromatic rings. The van der Waals surface area contributed by atoms with Crippen molar-refractivity contribution in [2.45, 2.75) is 19.3 Å². The summed E-state index contributed by atoms with van der Waals surface area (Å²) in [7, 11) is 0. The average molecular weight is 654 g/mol. The van der Waals surface area contributed by atoms with E-state index in [9.17, 15) is 0 Å². The summed E-state index contributed by atoms with van der Waals surface area (Å²) in [6.45, 7) is 4.73. The first-order valence-corrected chi connectivity index (χ1v) is 17.5. The Bertz CT molecular complexity index is 3040. The highest BCUT2D eigenvalue weighted by atomic mass is 16.3. The van der Waals surface area contributed by atoms with Gasteiger partial charge in [-0.3, -0.25) is 0 Å². The van der Waals surface area contributed by atoms with E-state index in [-0.39, 0.29) is 5.41 Å². The van der Waals surface area contributed by atoms with Crippen molar-refractivity contribution < 1.29 is 4.42 Å². The average Bonchev–Trinajstić information content (AvgIpc) is 3.81. The van der Waals surface area contributed by atoms with Crippen molar-refractivity contribution in [3.05, 3.63) is 163 Å². The second-order valence-electron chi connectivity index (χ2n) is 14.1. The van der Waals surface area contributed by atoms with Crippen LogP contribution in [0.25, 0.3) is 94.1 Å². The fraction of sp³-hybridized carbons (Fsp3) is 0.0638. The normalized spacial score (nSPS) is 13.5. The smallest absolute Gasteiger partial charge is 0.160 e. The largest absolute Gasteiger partial charge is 0.455 e. The van der Waals surface area contributed by atoms with Crippen LogP contribution in [-0.4, -0.2) is 14.5 Å². The fourth-order valence-corrected chi connectivity index (χ4v) is 8.74. The van der Waals surface area contributed by atoms with Gasteiger partial charge in [0, 0.05) is 49.3 Å². The highest BCUT2D eigenvalue weighted by Crippen LogP contribution is 2.57. The van der Waals surface area contributed by atoms with E-state index in [1.165, 1.54) is 38.5 Å². The van der Waals surface area contributed by atoms with Gasteiger partial charge in [-0.05, 0) is 47.0 Å². The van der Waals surface area contributed by atoms with Crippen LogP contribution in [0.4, 0.5) is 0 Å². The zero-order valence-electron chi connectivity index (χ0n) is 28.2. The number of benzene rings is 7. The van der Waals surface area contributed by atoms with Crippen LogP contribution >= 0.6 is 0 Å². The lowest BCUT2D eigenvalue weighted by atomic mass is 9.80. The zero-order chi connectivity index (χ0) is 33.8. The maximum absolute atomic E-state index is 6.91. The molecule has 1 aliphatic rings. The molecule has 0 atom stereocenters. The predicted octanol–water partition coefficient (Wildman–Crippen LogP) is 12.3. The maximum atomic E-state index is 6.91. The van der Waals surface area contributed by atoms with Crippen molar-refractivity contribution >= 4 is 54.6 Å². The van der Waals surface area contributed by atoms with Gasteiger partial charge in [0.2, 0.25) is 0 Å². The molecule has 0 saturated heterocycles. The van der Waals surface area contributed by atoms with Crippen LogP contribution in [0, 0.1) is 0 Å². The lowest BCUT2D eigenvalue weighted by Crippen LogP contribution is -2.15. The second kappa shape index (κ2) is 10.3. The standard InChI is InChI=1S/C47H31N3O/c1-47(2)35-22-12-9-19-31(35)40-42(47)39-32-20-10-13-23-37(32)50(44(39)41-33-21-11-14-24-38(33)51-45(40)41)30-25-26-36-34(27-30)43(28-15-5-3-6-16-28)49-46(48-36)29-17-7-4-8-18-29/h3-27H,1-2H3. The summed E-state index contributed by atoms with van der Waals surface area (Å²) < 4.78 is 9.36. The minimum Gasteiger partial charge on any atom is -0.455 e.